The van der Waals surface area contributed by atoms with E-state index in [9.17, 15) is 9.18 Å². The van der Waals surface area contributed by atoms with Gasteiger partial charge in [-0.3, -0.25) is 4.79 Å². The normalized spacial score (nSPS) is 10.5. The highest BCUT2D eigenvalue weighted by Crippen LogP contribution is 2.28. The molecule has 0 aliphatic rings. The van der Waals surface area contributed by atoms with Crippen LogP contribution in [-0.2, 0) is 0 Å². The number of hydrogen-bond acceptors (Lipinski definition) is 3. The molecule has 0 saturated carbocycles. The molecule has 0 saturated heterocycles. The van der Waals surface area contributed by atoms with E-state index in [1.54, 1.807) is 36.5 Å². The Kier molecular flexibility index (Phi) is 4.61. The number of carbonyl (C=O) groups is 1. The van der Waals surface area contributed by atoms with Gasteiger partial charge in [0.05, 0.1) is 18.5 Å². The fourth-order valence-corrected chi connectivity index (χ4v) is 2.51. The molecular formula is C17H13BrFN3O2. The van der Waals surface area contributed by atoms with Crippen molar-refractivity contribution in [3.8, 4) is 11.4 Å². The molecule has 122 valence electrons. The average Bonchev–Trinajstić information content (AvgIpc) is 3.06. The number of benzene rings is 2. The van der Waals surface area contributed by atoms with Gasteiger partial charge < -0.3 is 10.1 Å². The van der Waals surface area contributed by atoms with E-state index in [0.717, 1.165) is 4.47 Å². The number of rotatable bonds is 4. The molecule has 1 amide bonds. The van der Waals surface area contributed by atoms with Gasteiger partial charge in [0, 0.05) is 10.7 Å². The van der Waals surface area contributed by atoms with Crippen LogP contribution in [0.3, 0.4) is 0 Å². The van der Waals surface area contributed by atoms with Crippen molar-refractivity contribution in [1.29, 1.82) is 0 Å². The van der Waals surface area contributed by atoms with Crippen LogP contribution in [0.2, 0.25) is 0 Å². The van der Waals surface area contributed by atoms with Gasteiger partial charge in [0.2, 0.25) is 0 Å². The highest BCUT2D eigenvalue weighted by atomic mass is 79.9. The molecule has 0 radical (unpaired) electrons. The summed E-state index contributed by atoms with van der Waals surface area (Å²) in [5.74, 6) is -0.151. The Morgan fingerprint density at radius 2 is 1.96 bits per heavy atom. The van der Waals surface area contributed by atoms with E-state index in [4.69, 9.17) is 4.74 Å². The summed E-state index contributed by atoms with van der Waals surface area (Å²) in [6, 6.07) is 12.7. The molecule has 1 aromatic heterocycles. The molecule has 0 spiro atoms. The van der Waals surface area contributed by atoms with Crippen molar-refractivity contribution in [3.63, 3.8) is 0 Å². The molecule has 3 rings (SSSR count). The summed E-state index contributed by atoms with van der Waals surface area (Å²) in [6.07, 6.45) is 1.64. The molecule has 1 N–H and O–H groups in total. The van der Waals surface area contributed by atoms with Gasteiger partial charge in [-0.1, -0.05) is 15.9 Å². The molecule has 1 heterocycles. The van der Waals surface area contributed by atoms with Gasteiger partial charge in [0.1, 0.15) is 11.6 Å². The lowest BCUT2D eigenvalue weighted by atomic mass is 10.3. The third-order valence-corrected chi connectivity index (χ3v) is 3.82. The number of methoxy groups -OCH3 is 1. The molecule has 0 aliphatic heterocycles. The molecule has 7 heteroatoms. The van der Waals surface area contributed by atoms with Crippen LogP contribution in [0.15, 0.2) is 59.2 Å². The summed E-state index contributed by atoms with van der Waals surface area (Å²) in [5, 5.41) is 6.98. The van der Waals surface area contributed by atoms with Gasteiger partial charge in [0.15, 0.2) is 5.69 Å². The van der Waals surface area contributed by atoms with E-state index in [1.165, 1.54) is 23.9 Å². The van der Waals surface area contributed by atoms with E-state index >= 15 is 0 Å². The number of ether oxygens (including phenoxy) is 1. The van der Waals surface area contributed by atoms with E-state index < -0.39 is 0 Å². The number of amides is 1. The van der Waals surface area contributed by atoms with Gasteiger partial charge in [-0.15, -0.1) is 0 Å². The molecule has 24 heavy (non-hydrogen) atoms. The second-order valence-electron chi connectivity index (χ2n) is 4.92. The molecule has 0 atom stereocenters. The van der Waals surface area contributed by atoms with Crippen LogP contribution in [0.25, 0.3) is 5.69 Å². The topological polar surface area (TPSA) is 56.1 Å². The Bertz CT molecular complexity index is 878. The number of hydrogen-bond donors (Lipinski definition) is 1. The number of aromatic nitrogens is 2. The van der Waals surface area contributed by atoms with Crippen LogP contribution in [-0.4, -0.2) is 22.8 Å². The zero-order valence-corrected chi connectivity index (χ0v) is 14.2. The average molecular weight is 390 g/mol. The number of carbonyl (C=O) groups excluding carboxylic acids is 1. The first-order valence-corrected chi connectivity index (χ1v) is 7.82. The van der Waals surface area contributed by atoms with Gasteiger partial charge in [-0.25, -0.2) is 9.07 Å². The maximum atomic E-state index is 13.0. The Balaban J connectivity index is 1.81. The second kappa shape index (κ2) is 6.84. The van der Waals surface area contributed by atoms with Crippen LogP contribution in [0.5, 0.6) is 5.75 Å². The second-order valence-corrected chi connectivity index (χ2v) is 5.84. The van der Waals surface area contributed by atoms with Gasteiger partial charge in [-0.05, 0) is 48.5 Å². The van der Waals surface area contributed by atoms with Crippen molar-refractivity contribution in [1.82, 2.24) is 9.78 Å². The van der Waals surface area contributed by atoms with E-state index in [0.29, 0.717) is 17.1 Å². The number of nitrogens with zero attached hydrogens (tertiary/aromatic N) is 2. The smallest absolute Gasteiger partial charge is 0.276 e. The van der Waals surface area contributed by atoms with Crippen molar-refractivity contribution in [2.24, 2.45) is 0 Å². The largest absolute Gasteiger partial charge is 0.495 e. The summed E-state index contributed by atoms with van der Waals surface area (Å²) >= 11 is 3.35. The van der Waals surface area contributed by atoms with Crippen molar-refractivity contribution in [2.45, 2.75) is 0 Å². The van der Waals surface area contributed by atoms with Crippen LogP contribution in [0.1, 0.15) is 10.5 Å². The van der Waals surface area contributed by atoms with Crippen LogP contribution in [0, 0.1) is 5.82 Å². The molecular weight excluding hydrogens is 377 g/mol. The fraction of sp³-hybridized carbons (Fsp3) is 0.0588. The standard InChI is InChI=1S/C17H13BrFN3O2/c1-24-16-7-2-11(18)10-15(16)20-17(23)14-8-9-22(21-14)13-5-3-12(19)4-6-13/h2-10H,1H3,(H,20,23). The van der Waals surface area contributed by atoms with Crippen LogP contribution >= 0.6 is 15.9 Å². The summed E-state index contributed by atoms with van der Waals surface area (Å²) in [5.41, 5.74) is 1.44. The zero-order chi connectivity index (χ0) is 17.1. The zero-order valence-electron chi connectivity index (χ0n) is 12.7. The Morgan fingerprint density at radius 3 is 2.67 bits per heavy atom. The molecule has 0 aliphatic carbocycles. The number of halogens is 2. The SMILES string of the molecule is COc1ccc(Br)cc1NC(=O)c1ccn(-c2ccc(F)cc2)n1. The molecule has 0 bridgehead atoms. The Hall–Kier alpha value is -2.67. The van der Waals surface area contributed by atoms with E-state index in [1.807, 2.05) is 6.07 Å². The summed E-state index contributed by atoms with van der Waals surface area (Å²) in [6.45, 7) is 0. The summed E-state index contributed by atoms with van der Waals surface area (Å²) < 4.78 is 20.5. The van der Waals surface area contributed by atoms with Gasteiger partial charge >= 0.3 is 0 Å². The maximum Gasteiger partial charge on any atom is 0.276 e. The van der Waals surface area contributed by atoms with Gasteiger partial charge in [-0.2, -0.15) is 5.10 Å². The van der Waals surface area contributed by atoms with Crippen LogP contribution < -0.4 is 10.1 Å². The highest BCUT2D eigenvalue weighted by Gasteiger charge is 2.13. The van der Waals surface area contributed by atoms with Crippen LogP contribution in [0.4, 0.5) is 10.1 Å². The first-order valence-electron chi connectivity index (χ1n) is 7.03. The predicted octanol–water partition coefficient (Wildman–Crippen LogP) is 4.03. The third kappa shape index (κ3) is 3.46. The third-order valence-electron chi connectivity index (χ3n) is 3.32. The first kappa shape index (κ1) is 16.2. The molecule has 0 unspecified atom stereocenters. The molecule has 5 nitrogen and oxygen atoms in total. The van der Waals surface area contributed by atoms with E-state index in [2.05, 4.69) is 26.3 Å². The summed E-state index contributed by atoms with van der Waals surface area (Å²) in [7, 11) is 1.53. The fourth-order valence-electron chi connectivity index (χ4n) is 2.15. The minimum atomic E-state index is -0.368. The molecule has 0 fully saturated rings. The van der Waals surface area contributed by atoms with Crippen molar-refractivity contribution >= 4 is 27.5 Å². The Morgan fingerprint density at radius 1 is 1.21 bits per heavy atom. The minimum absolute atomic E-state index is 0.237. The Labute approximate surface area is 146 Å². The van der Waals surface area contributed by atoms with Crippen molar-refractivity contribution in [2.75, 3.05) is 12.4 Å². The molecule has 2 aromatic carbocycles. The van der Waals surface area contributed by atoms with Crippen molar-refractivity contribution < 1.29 is 13.9 Å². The van der Waals surface area contributed by atoms with Gasteiger partial charge in [0.25, 0.3) is 5.91 Å². The highest BCUT2D eigenvalue weighted by molar-refractivity contribution is 9.10. The van der Waals surface area contributed by atoms with Crippen molar-refractivity contribution in [3.05, 3.63) is 70.7 Å². The minimum Gasteiger partial charge on any atom is -0.495 e. The lowest BCUT2D eigenvalue weighted by Crippen LogP contribution is -2.14. The maximum absolute atomic E-state index is 13.0. The monoisotopic (exact) mass is 389 g/mol. The van der Waals surface area contributed by atoms with E-state index in [-0.39, 0.29) is 17.4 Å². The summed E-state index contributed by atoms with van der Waals surface area (Å²) in [4.78, 5) is 12.4. The number of nitrogens with one attached hydrogen (secondary N) is 1. The number of anilines is 1. The lowest BCUT2D eigenvalue weighted by molar-refractivity contribution is 0.102. The quantitative estimate of drug-likeness (QED) is 0.732. The predicted molar refractivity (Wildman–Crippen MR) is 92.2 cm³/mol. The molecule has 3 aromatic rings. The first-order chi connectivity index (χ1) is 11.6. The lowest BCUT2D eigenvalue weighted by Gasteiger charge is -2.09.